The average molecular weight is 769 g/mol. The summed E-state index contributed by atoms with van der Waals surface area (Å²) in [5.74, 6) is -0.966. The van der Waals surface area contributed by atoms with Gasteiger partial charge in [-0.2, -0.15) is 0 Å². The Kier molecular flexibility index (Phi) is 9.71. The maximum Gasteiger partial charge on any atom is 0.335 e. The summed E-state index contributed by atoms with van der Waals surface area (Å²) in [7, 11) is 1.73. The maximum absolute atomic E-state index is 14.1. The number of ether oxygens (including phenoxy) is 3. The van der Waals surface area contributed by atoms with E-state index in [-0.39, 0.29) is 45.0 Å². The summed E-state index contributed by atoms with van der Waals surface area (Å²) in [4.78, 5) is 26.0. The van der Waals surface area contributed by atoms with Crippen molar-refractivity contribution in [3.8, 4) is 0 Å². The van der Waals surface area contributed by atoms with Crippen molar-refractivity contribution >= 4 is 11.9 Å². The first-order chi connectivity index (χ1) is 25.9. The first-order valence-corrected chi connectivity index (χ1v) is 21.6. The van der Waals surface area contributed by atoms with Gasteiger partial charge in [0.1, 0.15) is 18.3 Å². The predicted molar refractivity (Wildman–Crippen MR) is 205 cm³/mol. The standard InChI is InChI=1S/C45H68O10/c1-39(2)28-15-20-42(5)29(41(28,4)19-16-31(39)54-37-34(48)32(46)33(47)35(55-37)36(49)50)13-14-30-43-18-10-17-40(3,25-43)23-27(24-53-6)45(43,38(51)52)22-21-44(30,42)26-11-8-7-9-12-26/h10,14,18,26-29,31-35,37,46-48H,7-9,11-13,15-17,19-25H2,1-6H3,(H,49,50)(H,51,52). The van der Waals surface area contributed by atoms with Crippen molar-refractivity contribution in [3.05, 3.63) is 23.8 Å². The number of hydrogen-bond acceptors (Lipinski definition) is 8. The summed E-state index contributed by atoms with van der Waals surface area (Å²) in [5.41, 5.74) is -0.530. The molecule has 7 aliphatic carbocycles. The Morgan fingerprint density at radius 2 is 1.60 bits per heavy atom. The van der Waals surface area contributed by atoms with Gasteiger partial charge in [-0.15, -0.1) is 0 Å². The number of rotatable bonds is 7. The van der Waals surface area contributed by atoms with E-state index in [1.165, 1.54) is 37.7 Å². The summed E-state index contributed by atoms with van der Waals surface area (Å²) < 4.78 is 18.0. The number of hydrogen-bond donors (Lipinski definition) is 5. The van der Waals surface area contributed by atoms with Gasteiger partial charge in [0.15, 0.2) is 12.4 Å². The molecule has 10 nitrogen and oxygen atoms in total. The third-order valence-electron chi connectivity index (χ3n) is 18.6. The molecule has 308 valence electrons. The first kappa shape index (κ1) is 40.0. The third kappa shape index (κ3) is 5.25. The van der Waals surface area contributed by atoms with E-state index >= 15 is 0 Å². The Balaban J connectivity index is 1.20. The van der Waals surface area contributed by atoms with Crippen LogP contribution in [0.5, 0.6) is 0 Å². The van der Waals surface area contributed by atoms with Crippen LogP contribution < -0.4 is 0 Å². The lowest BCUT2D eigenvalue weighted by molar-refractivity contribution is -0.324. The van der Waals surface area contributed by atoms with Crippen LogP contribution in [0.4, 0.5) is 0 Å². The Labute approximate surface area is 327 Å². The lowest BCUT2D eigenvalue weighted by Crippen LogP contribution is -2.71. The summed E-state index contributed by atoms with van der Waals surface area (Å²) in [5, 5.41) is 53.0. The van der Waals surface area contributed by atoms with E-state index < -0.39 is 53.5 Å². The van der Waals surface area contributed by atoms with E-state index in [1.54, 1.807) is 7.11 Å². The number of carbonyl (C=O) groups is 2. The molecule has 0 aromatic heterocycles. The first-order valence-electron chi connectivity index (χ1n) is 21.6. The number of aliphatic carboxylic acids is 2. The van der Waals surface area contributed by atoms with Crippen LogP contribution in [0, 0.1) is 61.6 Å². The monoisotopic (exact) mass is 768 g/mol. The minimum Gasteiger partial charge on any atom is -0.481 e. The Morgan fingerprint density at radius 3 is 2.27 bits per heavy atom. The number of aliphatic hydroxyl groups excluding tert-OH is 3. The predicted octanol–water partition coefficient (Wildman–Crippen LogP) is 6.89. The molecule has 0 aromatic rings. The second kappa shape index (κ2) is 13.4. The molecule has 1 aliphatic heterocycles. The molecule has 1 saturated heterocycles. The Morgan fingerprint density at radius 1 is 0.873 bits per heavy atom. The van der Waals surface area contributed by atoms with Crippen molar-refractivity contribution in [1.82, 2.24) is 0 Å². The summed E-state index contributed by atoms with van der Waals surface area (Å²) >= 11 is 0. The van der Waals surface area contributed by atoms with Crippen LogP contribution in [-0.2, 0) is 23.8 Å². The summed E-state index contributed by atoms with van der Waals surface area (Å²) in [6.45, 7) is 12.5. The fraction of sp³-hybridized carbons (Fsp3) is 0.867. The van der Waals surface area contributed by atoms with Gasteiger partial charge in [0.05, 0.1) is 18.1 Å². The Bertz CT molecular complexity index is 1600. The van der Waals surface area contributed by atoms with Gasteiger partial charge in [-0.1, -0.05) is 77.7 Å². The van der Waals surface area contributed by atoms with Crippen LogP contribution >= 0.6 is 0 Å². The second-order valence-electron chi connectivity index (χ2n) is 21.1. The smallest absolute Gasteiger partial charge is 0.335 e. The summed E-state index contributed by atoms with van der Waals surface area (Å²) in [6.07, 6.45) is 13.9. The van der Waals surface area contributed by atoms with Gasteiger partial charge in [0.25, 0.3) is 0 Å². The van der Waals surface area contributed by atoms with E-state index in [4.69, 9.17) is 14.2 Å². The van der Waals surface area contributed by atoms with Gasteiger partial charge in [-0.3, -0.25) is 4.79 Å². The van der Waals surface area contributed by atoms with Crippen LogP contribution in [0.2, 0.25) is 0 Å². The van der Waals surface area contributed by atoms with Crippen molar-refractivity contribution in [1.29, 1.82) is 0 Å². The van der Waals surface area contributed by atoms with E-state index in [1.807, 2.05) is 0 Å². The molecule has 15 atom stereocenters. The van der Waals surface area contributed by atoms with Gasteiger partial charge in [-0.25, -0.2) is 4.79 Å². The topological polar surface area (TPSA) is 163 Å². The maximum atomic E-state index is 14.1. The molecule has 1 spiro atoms. The average Bonchev–Trinajstić information content (AvgIpc) is 3.12. The van der Waals surface area contributed by atoms with Crippen molar-refractivity contribution < 1.29 is 49.3 Å². The molecule has 0 amide bonds. The number of methoxy groups -OCH3 is 1. The molecule has 5 N–H and O–H groups in total. The fourth-order valence-corrected chi connectivity index (χ4v) is 16.4. The summed E-state index contributed by atoms with van der Waals surface area (Å²) in [6, 6.07) is 0. The van der Waals surface area contributed by atoms with Gasteiger partial charge in [0.2, 0.25) is 0 Å². The Hall–Kier alpha value is -1.82. The zero-order valence-electron chi connectivity index (χ0n) is 34.1. The minimum atomic E-state index is -1.76. The molecule has 10 heteroatoms. The number of aliphatic hydroxyl groups is 3. The lowest BCUT2D eigenvalue weighted by atomic mass is 9.27. The highest BCUT2D eigenvalue weighted by atomic mass is 16.7. The highest BCUT2D eigenvalue weighted by Gasteiger charge is 2.77. The fourth-order valence-electron chi connectivity index (χ4n) is 16.4. The van der Waals surface area contributed by atoms with Gasteiger partial charge < -0.3 is 39.7 Å². The van der Waals surface area contributed by atoms with E-state index in [0.717, 1.165) is 51.4 Å². The quantitative estimate of drug-likeness (QED) is 0.136. The lowest BCUT2D eigenvalue weighted by Gasteiger charge is -2.76. The molecule has 8 rings (SSSR count). The molecule has 6 fully saturated rings. The third-order valence-corrected chi connectivity index (χ3v) is 18.6. The van der Waals surface area contributed by atoms with E-state index in [2.05, 4.69) is 52.8 Å². The van der Waals surface area contributed by atoms with Crippen LogP contribution in [0.25, 0.3) is 0 Å². The van der Waals surface area contributed by atoms with Crippen molar-refractivity contribution in [2.24, 2.45) is 61.6 Å². The molecule has 5 saturated carbocycles. The normalized spacial score (nSPS) is 51.8. The molecule has 8 aliphatic rings. The number of carboxylic acids is 2. The zero-order chi connectivity index (χ0) is 39.6. The van der Waals surface area contributed by atoms with Gasteiger partial charge in [-0.05, 0) is 116 Å². The van der Waals surface area contributed by atoms with Crippen molar-refractivity contribution in [2.75, 3.05) is 13.7 Å². The number of fused-ring (bicyclic) bond motifs is 6. The second-order valence-corrected chi connectivity index (χ2v) is 21.1. The van der Waals surface area contributed by atoms with Gasteiger partial charge in [0, 0.05) is 23.9 Å². The van der Waals surface area contributed by atoms with E-state index in [9.17, 15) is 35.1 Å². The zero-order valence-corrected chi connectivity index (χ0v) is 34.1. The molecule has 15 unspecified atom stereocenters. The van der Waals surface area contributed by atoms with Crippen LogP contribution in [0.1, 0.15) is 131 Å². The van der Waals surface area contributed by atoms with Crippen LogP contribution in [-0.4, -0.2) is 88.0 Å². The highest BCUT2D eigenvalue weighted by Crippen LogP contribution is 2.82. The molecule has 1 heterocycles. The minimum absolute atomic E-state index is 0.0193. The molecule has 0 radical (unpaired) electrons. The van der Waals surface area contributed by atoms with Crippen molar-refractivity contribution in [2.45, 2.75) is 168 Å². The van der Waals surface area contributed by atoms with Crippen LogP contribution in [0.3, 0.4) is 0 Å². The molecular formula is C45H68O10. The molecule has 0 aromatic carbocycles. The number of allylic oxidation sites excluding steroid dienone is 4. The van der Waals surface area contributed by atoms with Crippen LogP contribution in [0.15, 0.2) is 23.8 Å². The largest absolute Gasteiger partial charge is 0.481 e. The molecular weight excluding hydrogens is 700 g/mol. The highest BCUT2D eigenvalue weighted by molar-refractivity contribution is 5.79. The number of carboxylic acid groups (broad SMARTS) is 2. The van der Waals surface area contributed by atoms with Crippen molar-refractivity contribution in [3.63, 3.8) is 0 Å². The molecule has 2 bridgehead atoms. The van der Waals surface area contributed by atoms with E-state index in [0.29, 0.717) is 31.3 Å². The SMILES string of the molecule is COCC1CC2(C)CC=CC3(C2)C2=CCC4C5(C)CCC(OC6OC(C(=O)O)C(O)C(O)C6O)C(C)(C)C5CCC4(C)C2(C2CCCCC2)CCC13C(=O)O. The van der Waals surface area contributed by atoms with Gasteiger partial charge >= 0.3 is 11.9 Å². The molecule has 55 heavy (non-hydrogen) atoms.